The van der Waals surface area contributed by atoms with E-state index in [1.807, 2.05) is 20.0 Å². The molecule has 22 heavy (non-hydrogen) atoms. The molecule has 0 aliphatic rings. The van der Waals surface area contributed by atoms with Crippen LogP contribution in [0.15, 0.2) is 30.5 Å². The summed E-state index contributed by atoms with van der Waals surface area (Å²) in [6.45, 7) is 8.15. The average molecular weight is 299 g/mol. The fourth-order valence-electron chi connectivity index (χ4n) is 2.65. The molecule has 0 aliphatic carbocycles. The van der Waals surface area contributed by atoms with Gasteiger partial charge in [0.15, 0.2) is 0 Å². The molecule has 0 bridgehead atoms. The lowest BCUT2D eigenvalue weighted by Crippen LogP contribution is -2.28. The maximum atomic E-state index is 9.72. The van der Waals surface area contributed by atoms with E-state index in [0.29, 0.717) is 0 Å². The Morgan fingerprint density at radius 1 is 1.18 bits per heavy atom. The third kappa shape index (κ3) is 3.90. The average Bonchev–Trinajstić information content (AvgIpc) is 2.52. The monoisotopic (exact) mass is 299 g/mol. The Kier molecular flexibility index (Phi) is 5.63. The molecule has 0 amide bonds. The second-order valence-electron chi connectivity index (χ2n) is 5.68. The highest BCUT2D eigenvalue weighted by atomic mass is 16.3. The minimum Gasteiger partial charge on any atom is -0.394 e. The number of rotatable bonds is 6. The van der Waals surface area contributed by atoms with Crippen LogP contribution in [0.5, 0.6) is 0 Å². The Bertz CT molecular complexity index is 610. The van der Waals surface area contributed by atoms with Crippen molar-refractivity contribution in [2.24, 2.45) is 0 Å². The normalized spacial score (nSPS) is 13.9. The van der Waals surface area contributed by atoms with Gasteiger partial charge in [-0.1, -0.05) is 31.2 Å². The van der Waals surface area contributed by atoms with Gasteiger partial charge < -0.3 is 10.4 Å². The topological polar surface area (TPSA) is 58.0 Å². The summed E-state index contributed by atoms with van der Waals surface area (Å²) < 4.78 is 0. The van der Waals surface area contributed by atoms with Crippen LogP contribution in [-0.4, -0.2) is 21.7 Å². The van der Waals surface area contributed by atoms with Gasteiger partial charge in [0.25, 0.3) is 0 Å². The van der Waals surface area contributed by atoms with E-state index in [4.69, 9.17) is 0 Å². The van der Waals surface area contributed by atoms with Crippen molar-refractivity contribution < 1.29 is 5.11 Å². The van der Waals surface area contributed by atoms with Crippen molar-refractivity contribution in [3.8, 4) is 0 Å². The number of hydrogen-bond acceptors (Lipinski definition) is 4. The smallest absolute Gasteiger partial charge is 0.125 e. The summed E-state index contributed by atoms with van der Waals surface area (Å²) in [6.07, 6.45) is 2.89. The van der Waals surface area contributed by atoms with Crippen LogP contribution >= 0.6 is 0 Å². The zero-order valence-electron chi connectivity index (χ0n) is 13.8. The Morgan fingerprint density at radius 2 is 1.86 bits per heavy atom. The zero-order valence-corrected chi connectivity index (χ0v) is 13.8. The molecule has 0 radical (unpaired) electrons. The number of nitrogens with zero attached hydrogens (tertiary/aromatic N) is 2. The first kappa shape index (κ1) is 16.6. The van der Waals surface area contributed by atoms with Crippen molar-refractivity contribution in [3.05, 3.63) is 58.7 Å². The van der Waals surface area contributed by atoms with Crippen molar-refractivity contribution in [2.75, 3.05) is 6.61 Å². The van der Waals surface area contributed by atoms with Crippen LogP contribution in [0.25, 0.3) is 0 Å². The number of aliphatic hydroxyl groups is 1. The molecule has 1 heterocycles. The Hall–Kier alpha value is -1.78. The number of aliphatic hydroxyl groups excluding tert-OH is 1. The Labute approximate surface area is 132 Å². The standard InChI is InChI=1S/C18H25N3O/c1-5-15-6-8-16(9-7-15)18(11-22)21-13(3)17-10-19-14(4)20-12(17)2/h6-10,13,18,21-22H,5,11H2,1-4H3. The third-order valence-electron chi connectivity index (χ3n) is 4.03. The van der Waals surface area contributed by atoms with E-state index >= 15 is 0 Å². The fraction of sp³-hybridized carbons (Fsp3) is 0.444. The van der Waals surface area contributed by atoms with Crippen molar-refractivity contribution in [1.82, 2.24) is 15.3 Å². The molecular formula is C18H25N3O. The summed E-state index contributed by atoms with van der Waals surface area (Å²) in [5.41, 5.74) is 4.44. The minimum atomic E-state index is -0.0957. The van der Waals surface area contributed by atoms with E-state index in [-0.39, 0.29) is 18.7 Å². The van der Waals surface area contributed by atoms with Gasteiger partial charge in [-0.05, 0) is 38.3 Å². The van der Waals surface area contributed by atoms with Gasteiger partial charge in [0, 0.05) is 23.5 Å². The molecule has 2 atom stereocenters. The van der Waals surface area contributed by atoms with E-state index in [2.05, 4.69) is 53.4 Å². The van der Waals surface area contributed by atoms with Gasteiger partial charge in [-0.15, -0.1) is 0 Å². The molecule has 0 aliphatic heterocycles. The van der Waals surface area contributed by atoms with Gasteiger partial charge in [-0.3, -0.25) is 0 Å². The summed E-state index contributed by atoms with van der Waals surface area (Å²) in [7, 11) is 0. The lowest BCUT2D eigenvalue weighted by molar-refractivity contribution is 0.235. The van der Waals surface area contributed by atoms with E-state index in [1.165, 1.54) is 5.56 Å². The highest BCUT2D eigenvalue weighted by Gasteiger charge is 2.16. The maximum Gasteiger partial charge on any atom is 0.125 e. The second kappa shape index (κ2) is 7.47. The van der Waals surface area contributed by atoms with Gasteiger partial charge >= 0.3 is 0 Å². The maximum absolute atomic E-state index is 9.72. The molecule has 2 aromatic rings. The molecule has 4 nitrogen and oxygen atoms in total. The molecule has 118 valence electrons. The summed E-state index contributed by atoms with van der Waals surface area (Å²) in [5, 5.41) is 13.2. The number of nitrogens with one attached hydrogen (secondary N) is 1. The van der Waals surface area contributed by atoms with Crippen molar-refractivity contribution in [3.63, 3.8) is 0 Å². The molecule has 1 aromatic carbocycles. The molecule has 2 rings (SSSR count). The first-order chi connectivity index (χ1) is 10.5. The van der Waals surface area contributed by atoms with E-state index in [9.17, 15) is 5.11 Å². The first-order valence-corrected chi connectivity index (χ1v) is 7.81. The number of hydrogen-bond donors (Lipinski definition) is 2. The highest BCUT2D eigenvalue weighted by molar-refractivity contribution is 5.26. The third-order valence-corrected chi connectivity index (χ3v) is 4.03. The summed E-state index contributed by atoms with van der Waals surface area (Å²) in [4.78, 5) is 8.69. The van der Waals surface area contributed by atoms with Gasteiger partial charge in [0.05, 0.1) is 12.6 Å². The van der Waals surface area contributed by atoms with Gasteiger partial charge in [-0.2, -0.15) is 0 Å². The van der Waals surface area contributed by atoms with Gasteiger partial charge in [-0.25, -0.2) is 9.97 Å². The molecule has 4 heteroatoms. The molecule has 0 spiro atoms. The molecule has 1 aromatic heterocycles. The van der Waals surface area contributed by atoms with Gasteiger partial charge in [0.1, 0.15) is 5.82 Å². The van der Waals surface area contributed by atoms with Crippen molar-refractivity contribution in [2.45, 2.75) is 46.2 Å². The molecule has 2 unspecified atom stereocenters. The predicted molar refractivity (Wildman–Crippen MR) is 88.7 cm³/mol. The van der Waals surface area contributed by atoms with E-state index < -0.39 is 0 Å². The summed E-state index contributed by atoms with van der Waals surface area (Å²) >= 11 is 0. The van der Waals surface area contributed by atoms with Crippen LogP contribution in [0.1, 0.15) is 54.1 Å². The minimum absolute atomic E-state index is 0.0571. The SMILES string of the molecule is CCc1ccc(C(CO)NC(C)c2cnc(C)nc2C)cc1. The van der Waals surface area contributed by atoms with Crippen LogP contribution in [0, 0.1) is 13.8 Å². The molecule has 0 fully saturated rings. The largest absolute Gasteiger partial charge is 0.394 e. The molecule has 0 saturated carbocycles. The van der Waals surface area contributed by atoms with Crippen LogP contribution in [0.4, 0.5) is 0 Å². The predicted octanol–water partition coefficient (Wildman–Crippen LogP) is 3.04. The highest BCUT2D eigenvalue weighted by Crippen LogP contribution is 2.21. The number of aromatic nitrogens is 2. The molecule has 0 saturated heterocycles. The lowest BCUT2D eigenvalue weighted by Gasteiger charge is -2.23. The van der Waals surface area contributed by atoms with Crippen LogP contribution in [0.3, 0.4) is 0 Å². The summed E-state index contributed by atoms with van der Waals surface area (Å²) in [5.74, 6) is 0.780. The van der Waals surface area contributed by atoms with Crippen LogP contribution < -0.4 is 5.32 Å². The van der Waals surface area contributed by atoms with E-state index in [1.54, 1.807) is 0 Å². The Balaban J connectivity index is 2.14. The van der Waals surface area contributed by atoms with Crippen molar-refractivity contribution >= 4 is 0 Å². The fourth-order valence-corrected chi connectivity index (χ4v) is 2.65. The van der Waals surface area contributed by atoms with Gasteiger partial charge in [0.2, 0.25) is 0 Å². The zero-order chi connectivity index (χ0) is 16.1. The quantitative estimate of drug-likeness (QED) is 0.861. The van der Waals surface area contributed by atoms with Crippen molar-refractivity contribution in [1.29, 1.82) is 0 Å². The first-order valence-electron chi connectivity index (χ1n) is 7.81. The van der Waals surface area contributed by atoms with E-state index in [0.717, 1.165) is 29.1 Å². The molecular weight excluding hydrogens is 274 g/mol. The Morgan fingerprint density at radius 3 is 2.41 bits per heavy atom. The lowest BCUT2D eigenvalue weighted by atomic mass is 10.0. The second-order valence-corrected chi connectivity index (χ2v) is 5.68. The van der Waals surface area contributed by atoms with Crippen LogP contribution in [-0.2, 0) is 6.42 Å². The number of benzene rings is 1. The number of aryl methyl sites for hydroxylation is 3. The van der Waals surface area contributed by atoms with Crippen LogP contribution in [0.2, 0.25) is 0 Å². The molecule has 2 N–H and O–H groups in total. The summed E-state index contributed by atoms with van der Waals surface area (Å²) in [6, 6.07) is 8.37.